The predicted octanol–water partition coefficient (Wildman–Crippen LogP) is 2.14. The lowest BCUT2D eigenvalue weighted by molar-refractivity contribution is -0.133. The maximum absolute atomic E-state index is 11.6. The molecule has 0 N–H and O–H groups in total. The predicted molar refractivity (Wildman–Crippen MR) is 59.2 cm³/mol. The Morgan fingerprint density at radius 3 is 2.21 bits per heavy atom. The molecule has 4 fully saturated rings. The van der Waals surface area contributed by atoms with Crippen molar-refractivity contribution in [2.45, 2.75) is 43.8 Å². The lowest BCUT2D eigenvalue weighted by Gasteiger charge is -2.60. The van der Waals surface area contributed by atoms with E-state index in [-0.39, 0.29) is 10.7 Å². The van der Waals surface area contributed by atoms with Crippen LogP contribution in [0.3, 0.4) is 0 Å². The molecule has 3 heteroatoms. The highest BCUT2D eigenvalue weighted by molar-refractivity contribution is 6.64. The van der Waals surface area contributed by atoms with E-state index in [1.807, 2.05) is 0 Å². The second-order valence-electron chi connectivity index (χ2n) is 6.33. The monoisotopic (exact) mass is 210 g/mol. The van der Waals surface area contributed by atoms with Gasteiger partial charge < -0.3 is 0 Å². The highest BCUT2D eigenvalue weighted by Crippen LogP contribution is 2.67. The first kappa shape index (κ1) is 9.27. The largest absolute Gasteiger partial charge is 0.281 e. The lowest BCUT2D eigenvalue weighted by Crippen LogP contribution is -2.51. The van der Waals surface area contributed by atoms with Crippen LogP contribution >= 0.6 is 11.6 Å². The van der Waals surface area contributed by atoms with Crippen molar-refractivity contribution in [1.29, 1.82) is 0 Å². The van der Waals surface area contributed by atoms with Crippen LogP contribution in [0.25, 0.3) is 0 Å². The molecule has 4 saturated carbocycles. The van der Waals surface area contributed by atoms with Crippen LogP contribution in [0.5, 0.6) is 0 Å². The first-order chi connectivity index (χ1) is 6.51. The average Bonchev–Trinajstić information content (AvgIpc) is 1.98. The fraction of sp³-hybridized carbons (Fsp3) is 0.909. The third-order valence-corrected chi connectivity index (χ3v) is 5.17. The van der Waals surface area contributed by atoms with Crippen molar-refractivity contribution in [3.8, 4) is 0 Å². The summed E-state index contributed by atoms with van der Waals surface area (Å²) >= 11 is 5.82. The maximum atomic E-state index is 11.6. The minimum absolute atomic E-state index is 0.0437. The van der Waals surface area contributed by atoms with E-state index in [4.69, 9.17) is 11.6 Å². The van der Waals surface area contributed by atoms with Gasteiger partial charge in [-0.1, -0.05) is 18.2 Å². The quantitative estimate of drug-likeness (QED) is 0.479. The summed E-state index contributed by atoms with van der Waals surface area (Å²) in [6.07, 6.45) is 7.28. The fourth-order valence-electron chi connectivity index (χ4n) is 4.95. The Bertz CT molecular complexity index is 288. The van der Waals surface area contributed by atoms with Gasteiger partial charge in [0.15, 0.2) is 0 Å². The van der Waals surface area contributed by atoms with Crippen molar-refractivity contribution < 1.29 is 4.79 Å². The minimum Gasteiger partial charge on any atom is -0.281 e. The molecule has 0 spiro atoms. The van der Waals surface area contributed by atoms with Crippen LogP contribution in [0.4, 0.5) is 0 Å². The summed E-state index contributed by atoms with van der Waals surface area (Å²) in [5.41, 5.74) is -0.111. The van der Waals surface area contributed by atoms with Gasteiger partial charge in [-0.2, -0.15) is 0 Å². The molecule has 0 heterocycles. The van der Waals surface area contributed by atoms with Crippen LogP contribution in [-0.4, -0.2) is 13.1 Å². The Labute approximate surface area is 91.0 Å². The zero-order valence-corrected chi connectivity index (χ0v) is 9.44. The van der Waals surface area contributed by atoms with Crippen molar-refractivity contribution in [3.05, 3.63) is 0 Å². The standard InChI is InChI=1S/C11H16BClO/c12-11-4-7-1-8(5-11)3-10(2-7,6-11)9(13)14/h7-8H,1-6,12H2. The molecular formula is C11H16BClO. The van der Waals surface area contributed by atoms with Crippen LogP contribution in [0.2, 0.25) is 5.31 Å². The maximum Gasteiger partial charge on any atom is 0.227 e. The smallest absolute Gasteiger partial charge is 0.227 e. The molecule has 4 rings (SSSR count). The first-order valence-electron chi connectivity index (χ1n) is 5.71. The van der Waals surface area contributed by atoms with Crippen LogP contribution in [0.15, 0.2) is 0 Å². The molecule has 14 heavy (non-hydrogen) atoms. The molecule has 1 nitrogen and oxygen atoms in total. The lowest BCUT2D eigenvalue weighted by atomic mass is 9.39. The van der Waals surface area contributed by atoms with E-state index < -0.39 is 0 Å². The molecule has 2 atom stereocenters. The second kappa shape index (κ2) is 2.58. The van der Waals surface area contributed by atoms with E-state index in [0.29, 0.717) is 5.31 Å². The normalized spacial score (nSPS) is 54.9. The van der Waals surface area contributed by atoms with Gasteiger partial charge in [-0.15, -0.1) is 0 Å². The molecule has 0 aromatic carbocycles. The van der Waals surface area contributed by atoms with Gasteiger partial charge in [0.25, 0.3) is 0 Å². The molecule has 2 unspecified atom stereocenters. The zero-order valence-electron chi connectivity index (χ0n) is 8.68. The summed E-state index contributed by atoms with van der Waals surface area (Å²) in [6, 6.07) is 0. The minimum atomic E-state index is -0.111. The van der Waals surface area contributed by atoms with Gasteiger partial charge in [0, 0.05) is 5.41 Å². The van der Waals surface area contributed by atoms with E-state index in [1.54, 1.807) is 0 Å². The van der Waals surface area contributed by atoms with Gasteiger partial charge in [-0.05, 0) is 49.1 Å². The number of hydrogen-bond acceptors (Lipinski definition) is 1. The highest BCUT2D eigenvalue weighted by atomic mass is 35.5. The highest BCUT2D eigenvalue weighted by Gasteiger charge is 2.58. The molecule has 4 aliphatic rings. The van der Waals surface area contributed by atoms with E-state index >= 15 is 0 Å². The molecule has 0 aliphatic heterocycles. The first-order valence-corrected chi connectivity index (χ1v) is 6.09. The summed E-state index contributed by atoms with van der Waals surface area (Å²) in [4.78, 5) is 11.6. The zero-order chi connectivity index (χ0) is 9.97. The molecule has 0 amide bonds. The molecule has 0 radical (unpaired) electrons. The van der Waals surface area contributed by atoms with Crippen molar-refractivity contribution >= 4 is 24.7 Å². The van der Waals surface area contributed by atoms with E-state index in [2.05, 4.69) is 7.85 Å². The van der Waals surface area contributed by atoms with E-state index in [9.17, 15) is 4.79 Å². The number of hydrogen-bond donors (Lipinski definition) is 0. The second-order valence-corrected chi connectivity index (χ2v) is 6.67. The summed E-state index contributed by atoms with van der Waals surface area (Å²) < 4.78 is 0. The average molecular weight is 211 g/mol. The number of carbonyl (C=O) groups is 1. The van der Waals surface area contributed by atoms with Crippen molar-refractivity contribution in [2.24, 2.45) is 17.3 Å². The van der Waals surface area contributed by atoms with Gasteiger partial charge in [-0.3, -0.25) is 4.79 Å². The SMILES string of the molecule is BC12CC3CC(C1)CC(C(=O)Cl)(C3)C2. The Kier molecular flexibility index (Phi) is 1.71. The summed E-state index contributed by atoms with van der Waals surface area (Å²) in [5, 5.41) is 0.395. The van der Waals surface area contributed by atoms with Gasteiger partial charge in [-0.25, -0.2) is 0 Å². The summed E-state index contributed by atoms with van der Waals surface area (Å²) in [6.45, 7) is 0. The van der Waals surface area contributed by atoms with Gasteiger partial charge in [0.1, 0.15) is 7.85 Å². The van der Waals surface area contributed by atoms with Crippen molar-refractivity contribution in [2.75, 3.05) is 0 Å². The number of carbonyl (C=O) groups excluding carboxylic acids is 1. The molecule has 4 bridgehead atoms. The summed E-state index contributed by atoms with van der Waals surface area (Å²) in [7, 11) is 2.36. The Morgan fingerprint density at radius 1 is 1.21 bits per heavy atom. The Balaban J connectivity index is 2.00. The van der Waals surface area contributed by atoms with Gasteiger partial charge in [0.2, 0.25) is 5.24 Å². The molecule has 0 saturated heterocycles. The van der Waals surface area contributed by atoms with E-state index in [0.717, 1.165) is 31.1 Å². The fourth-order valence-corrected chi connectivity index (χ4v) is 5.17. The Morgan fingerprint density at radius 2 is 1.79 bits per heavy atom. The number of halogens is 1. The van der Waals surface area contributed by atoms with Crippen molar-refractivity contribution in [3.63, 3.8) is 0 Å². The number of rotatable bonds is 1. The summed E-state index contributed by atoms with van der Waals surface area (Å²) in [5.74, 6) is 1.59. The van der Waals surface area contributed by atoms with Gasteiger partial charge >= 0.3 is 0 Å². The topological polar surface area (TPSA) is 17.1 Å². The molecule has 0 aromatic heterocycles. The van der Waals surface area contributed by atoms with Crippen LogP contribution < -0.4 is 0 Å². The third kappa shape index (κ3) is 1.13. The van der Waals surface area contributed by atoms with Crippen LogP contribution in [0.1, 0.15) is 38.5 Å². The molecule has 0 aromatic rings. The van der Waals surface area contributed by atoms with Crippen LogP contribution in [0, 0.1) is 17.3 Å². The third-order valence-electron chi connectivity index (χ3n) is 4.77. The van der Waals surface area contributed by atoms with Gasteiger partial charge in [0.05, 0.1) is 0 Å². The molecule has 76 valence electrons. The molecule has 4 aliphatic carbocycles. The Hall–Kier alpha value is 0.0249. The van der Waals surface area contributed by atoms with Crippen LogP contribution in [-0.2, 0) is 4.79 Å². The molecular weight excluding hydrogens is 194 g/mol. The van der Waals surface area contributed by atoms with Crippen molar-refractivity contribution in [1.82, 2.24) is 0 Å². The van der Waals surface area contributed by atoms with E-state index in [1.165, 1.54) is 19.3 Å².